The quantitative estimate of drug-likeness (QED) is 0.810. The number of likely N-dealkylation sites (tertiary alicyclic amines) is 1. The number of nitrogens with zero attached hydrogens (tertiary/aromatic N) is 1. The van der Waals surface area contributed by atoms with Crippen LogP contribution in [0.15, 0.2) is 18.2 Å². The summed E-state index contributed by atoms with van der Waals surface area (Å²) in [6.07, 6.45) is -4.05. The minimum atomic E-state index is -4.61. The maximum absolute atomic E-state index is 13.5. The molecule has 8 heteroatoms. The highest BCUT2D eigenvalue weighted by atomic mass is 35.5. The fourth-order valence-corrected chi connectivity index (χ4v) is 2.01. The summed E-state index contributed by atoms with van der Waals surface area (Å²) in [5, 5.41) is 0. The first kappa shape index (κ1) is 16.7. The fourth-order valence-electron chi connectivity index (χ4n) is 2.01. The second kappa shape index (κ2) is 5.97. The minimum absolute atomic E-state index is 0. The maximum Gasteiger partial charge on any atom is 0.416 e. The molecule has 0 saturated carbocycles. The molecule has 0 bridgehead atoms. The van der Waals surface area contributed by atoms with E-state index in [2.05, 4.69) is 0 Å². The summed E-state index contributed by atoms with van der Waals surface area (Å²) in [5.74, 6) is -1.71. The number of hydrogen-bond acceptors (Lipinski definition) is 2. The lowest BCUT2D eigenvalue weighted by molar-refractivity contribution is -0.137. The molecular weight excluding hydrogens is 300 g/mol. The minimum Gasteiger partial charge on any atom is -0.337 e. The van der Waals surface area contributed by atoms with Crippen molar-refractivity contribution in [1.29, 1.82) is 0 Å². The third kappa shape index (κ3) is 3.40. The van der Waals surface area contributed by atoms with Gasteiger partial charge in [0.2, 0.25) is 0 Å². The molecule has 1 saturated heterocycles. The van der Waals surface area contributed by atoms with Gasteiger partial charge in [-0.15, -0.1) is 12.4 Å². The summed E-state index contributed by atoms with van der Waals surface area (Å²) in [6, 6.07) is 1.60. The largest absolute Gasteiger partial charge is 0.416 e. The van der Waals surface area contributed by atoms with Crippen LogP contribution in [-0.4, -0.2) is 29.9 Å². The van der Waals surface area contributed by atoms with Crippen molar-refractivity contribution in [2.24, 2.45) is 5.73 Å². The van der Waals surface area contributed by atoms with Crippen LogP contribution in [0.4, 0.5) is 17.6 Å². The van der Waals surface area contributed by atoms with Gasteiger partial charge in [-0.3, -0.25) is 4.79 Å². The Morgan fingerprint density at radius 3 is 2.50 bits per heavy atom. The Bertz CT molecular complexity index is 507. The molecule has 1 fully saturated rings. The summed E-state index contributed by atoms with van der Waals surface area (Å²) in [4.78, 5) is 13.2. The number of halogens is 5. The average molecular weight is 313 g/mol. The molecule has 1 amide bonds. The van der Waals surface area contributed by atoms with Crippen molar-refractivity contribution in [3.05, 3.63) is 35.1 Å². The van der Waals surface area contributed by atoms with Crippen LogP contribution < -0.4 is 5.73 Å². The molecule has 0 aromatic heterocycles. The van der Waals surface area contributed by atoms with Crippen molar-refractivity contribution in [3.63, 3.8) is 0 Å². The number of alkyl halides is 3. The summed E-state index contributed by atoms with van der Waals surface area (Å²) >= 11 is 0. The zero-order valence-electron chi connectivity index (χ0n) is 10.3. The first-order chi connectivity index (χ1) is 8.79. The zero-order valence-corrected chi connectivity index (χ0v) is 11.1. The molecule has 1 aromatic carbocycles. The smallest absolute Gasteiger partial charge is 0.337 e. The van der Waals surface area contributed by atoms with Gasteiger partial charge in [-0.25, -0.2) is 4.39 Å². The van der Waals surface area contributed by atoms with Crippen LogP contribution in [-0.2, 0) is 6.18 Å². The van der Waals surface area contributed by atoms with Gasteiger partial charge < -0.3 is 10.6 Å². The first-order valence-corrected chi connectivity index (χ1v) is 5.70. The van der Waals surface area contributed by atoms with Crippen molar-refractivity contribution in [2.45, 2.75) is 18.6 Å². The Morgan fingerprint density at radius 1 is 1.35 bits per heavy atom. The molecule has 2 N–H and O–H groups in total. The molecule has 1 heterocycles. The van der Waals surface area contributed by atoms with Crippen molar-refractivity contribution >= 4 is 18.3 Å². The predicted molar refractivity (Wildman–Crippen MR) is 67.1 cm³/mol. The monoisotopic (exact) mass is 312 g/mol. The average Bonchev–Trinajstić information content (AvgIpc) is 2.74. The van der Waals surface area contributed by atoms with Gasteiger partial charge >= 0.3 is 6.18 Å². The molecule has 0 radical (unpaired) electrons. The fraction of sp³-hybridized carbons (Fsp3) is 0.417. The topological polar surface area (TPSA) is 46.3 Å². The number of rotatable bonds is 1. The standard InChI is InChI=1S/C12H12F4N2O.ClH/c13-10-2-1-7(12(14,15)16)5-9(10)11(19)18-4-3-8(17)6-18;/h1-2,5,8H,3-4,6,17H2;1H/t8-;/m0./s1. The van der Waals surface area contributed by atoms with Crippen LogP contribution in [0, 0.1) is 5.82 Å². The third-order valence-corrected chi connectivity index (χ3v) is 3.04. The van der Waals surface area contributed by atoms with E-state index in [1.54, 1.807) is 0 Å². The molecule has 20 heavy (non-hydrogen) atoms. The van der Waals surface area contributed by atoms with Crippen molar-refractivity contribution in [1.82, 2.24) is 4.90 Å². The molecule has 1 aromatic rings. The molecule has 112 valence electrons. The number of carbonyl (C=O) groups is 1. The lowest BCUT2D eigenvalue weighted by Gasteiger charge is -2.17. The third-order valence-electron chi connectivity index (χ3n) is 3.04. The zero-order chi connectivity index (χ0) is 14.2. The predicted octanol–water partition coefficient (Wildman–Crippen LogP) is 2.44. The van der Waals surface area contributed by atoms with E-state index in [0.717, 1.165) is 0 Å². The lowest BCUT2D eigenvalue weighted by atomic mass is 10.1. The van der Waals surface area contributed by atoms with E-state index < -0.39 is 29.0 Å². The highest BCUT2D eigenvalue weighted by Gasteiger charge is 2.33. The van der Waals surface area contributed by atoms with E-state index in [9.17, 15) is 22.4 Å². The summed E-state index contributed by atoms with van der Waals surface area (Å²) in [7, 11) is 0. The number of nitrogens with two attached hydrogens (primary N) is 1. The molecule has 2 rings (SSSR count). The van der Waals surface area contributed by atoms with Gasteiger partial charge in [0.25, 0.3) is 5.91 Å². The summed E-state index contributed by atoms with van der Waals surface area (Å²) in [6.45, 7) is 0.560. The number of carbonyl (C=O) groups excluding carboxylic acids is 1. The Balaban J connectivity index is 0.00000200. The molecule has 1 aliphatic heterocycles. The number of amides is 1. The van der Waals surface area contributed by atoms with Crippen LogP contribution in [0.2, 0.25) is 0 Å². The molecule has 1 aliphatic rings. The van der Waals surface area contributed by atoms with Crippen LogP contribution in [0.1, 0.15) is 22.3 Å². The number of benzene rings is 1. The van der Waals surface area contributed by atoms with Crippen LogP contribution in [0.25, 0.3) is 0 Å². The van der Waals surface area contributed by atoms with Crippen molar-refractivity contribution in [2.75, 3.05) is 13.1 Å². The van der Waals surface area contributed by atoms with Gasteiger partial charge in [0.05, 0.1) is 11.1 Å². The van der Waals surface area contributed by atoms with E-state index in [4.69, 9.17) is 5.73 Å². The van der Waals surface area contributed by atoms with Gasteiger partial charge in [-0.1, -0.05) is 0 Å². The van der Waals surface area contributed by atoms with E-state index in [-0.39, 0.29) is 25.0 Å². The Kier molecular flexibility index (Phi) is 4.99. The molecule has 0 spiro atoms. The SMILES string of the molecule is Cl.N[C@H]1CCN(C(=O)c2cc(C(F)(F)F)ccc2F)C1. The van der Waals surface area contributed by atoms with Gasteiger partial charge in [-0.05, 0) is 24.6 Å². The Hall–Kier alpha value is -1.34. The second-order valence-corrected chi connectivity index (χ2v) is 4.49. The number of hydrogen-bond donors (Lipinski definition) is 1. The van der Waals surface area contributed by atoms with E-state index in [0.29, 0.717) is 31.2 Å². The van der Waals surface area contributed by atoms with E-state index >= 15 is 0 Å². The van der Waals surface area contributed by atoms with Gasteiger partial charge in [0.1, 0.15) is 5.82 Å². The van der Waals surface area contributed by atoms with Crippen LogP contribution in [0.5, 0.6) is 0 Å². The van der Waals surface area contributed by atoms with Crippen molar-refractivity contribution in [3.8, 4) is 0 Å². The highest BCUT2D eigenvalue weighted by Crippen LogP contribution is 2.30. The van der Waals surface area contributed by atoms with Gasteiger partial charge in [-0.2, -0.15) is 13.2 Å². The molecule has 0 unspecified atom stereocenters. The first-order valence-electron chi connectivity index (χ1n) is 5.70. The Morgan fingerprint density at radius 2 is 2.00 bits per heavy atom. The Labute approximate surface area is 119 Å². The van der Waals surface area contributed by atoms with Gasteiger partial charge in [0, 0.05) is 19.1 Å². The maximum atomic E-state index is 13.5. The van der Waals surface area contributed by atoms with Crippen molar-refractivity contribution < 1.29 is 22.4 Å². The van der Waals surface area contributed by atoms with E-state index in [1.165, 1.54) is 4.90 Å². The van der Waals surface area contributed by atoms with Crippen LogP contribution in [0.3, 0.4) is 0 Å². The van der Waals surface area contributed by atoms with E-state index in [1.807, 2.05) is 0 Å². The highest BCUT2D eigenvalue weighted by molar-refractivity contribution is 5.95. The molecular formula is C12H13ClF4N2O. The summed E-state index contributed by atoms with van der Waals surface area (Å²) in [5.41, 5.74) is 4.00. The van der Waals surface area contributed by atoms with Crippen LogP contribution >= 0.6 is 12.4 Å². The van der Waals surface area contributed by atoms with Gasteiger partial charge in [0.15, 0.2) is 0 Å². The molecule has 0 aliphatic carbocycles. The molecule has 1 atom stereocenters. The normalized spacial score (nSPS) is 18.9. The molecule has 3 nitrogen and oxygen atoms in total. The second-order valence-electron chi connectivity index (χ2n) is 4.49. The summed E-state index contributed by atoms with van der Waals surface area (Å²) < 4.78 is 51.1. The lowest BCUT2D eigenvalue weighted by Crippen LogP contribution is -2.32.